The Hall–Kier alpha value is -1.01. The van der Waals surface area contributed by atoms with Crippen LogP contribution in [0.2, 0.25) is 0 Å². The average molecular weight is 160 g/mol. The number of hydrogen-bond donors (Lipinski definition) is 1. The van der Waals surface area contributed by atoms with Gasteiger partial charge in [-0.15, -0.1) is 0 Å². The molecule has 0 aliphatic heterocycles. The Labute approximate surface area is 60.5 Å². The molecule has 0 unspecified atom stereocenters. The summed E-state index contributed by atoms with van der Waals surface area (Å²) < 4.78 is 4.63. The van der Waals surface area contributed by atoms with Crippen LogP contribution in [0.5, 0.6) is 0 Å². The van der Waals surface area contributed by atoms with E-state index in [1.54, 1.807) is 0 Å². The lowest BCUT2D eigenvalue weighted by Gasteiger charge is -1.82. The van der Waals surface area contributed by atoms with Gasteiger partial charge in [0.1, 0.15) is 4.92 Å². The van der Waals surface area contributed by atoms with E-state index in [-0.39, 0.29) is 5.88 Å². The molecule has 0 fully saturated rings. The van der Waals surface area contributed by atoms with Gasteiger partial charge in [0, 0.05) is 0 Å². The van der Waals surface area contributed by atoms with E-state index in [1.807, 2.05) is 0 Å². The van der Waals surface area contributed by atoms with Gasteiger partial charge in [0.15, 0.2) is 5.09 Å². The first kappa shape index (κ1) is 7.10. The Balaban J connectivity index is 2.88. The number of hydrogen-bond acceptors (Lipinski definition) is 5. The molecular formula is C4H4N2O3S. The summed E-state index contributed by atoms with van der Waals surface area (Å²) in [5.74, 6) is -0.284. The van der Waals surface area contributed by atoms with Gasteiger partial charge < -0.3 is 4.42 Å². The predicted molar refractivity (Wildman–Crippen MR) is 35.4 cm³/mol. The lowest BCUT2D eigenvalue weighted by molar-refractivity contribution is -0.403. The van der Waals surface area contributed by atoms with Crippen LogP contribution in [0.4, 0.5) is 5.88 Å². The van der Waals surface area contributed by atoms with Gasteiger partial charge in [-0.3, -0.25) is 15.3 Å². The molecule has 1 heterocycles. The zero-order chi connectivity index (χ0) is 7.56. The third-order valence-electron chi connectivity index (χ3n) is 0.863. The van der Waals surface area contributed by atoms with E-state index in [1.165, 1.54) is 12.1 Å². The zero-order valence-electron chi connectivity index (χ0n) is 4.81. The number of furan rings is 1. The van der Waals surface area contributed by atoms with Crippen molar-refractivity contribution in [1.82, 2.24) is 0 Å². The van der Waals surface area contributed by atoms with Gasteiger partial charge in [-0.2, -0.15) is 0 Å². The number of rotatable bonds is 2. The Bertz CT molecular complexity index is 246. The molecule has 0 aliphatic rings. The quantitative estimate of drug-likeness (QED) is 0.398. The van der Waals surface area contributed by atoms with Gasteiger partial charge >= 0.3 is 5.88 Å². The minimum absolute atomic E-state index is 0.284. The fourth-order valence-corrected chi connectivity index (χ4v) is 0.752. The molecule has 1 aromatic heterocycles. The molecule has 54 valence electrons. The maximum atomic E-state index is 9.99. The molecule has 1 rings (SSSR count). The van der Waals surface area contributed by atoms with E-state index in [2.05, 4.69) is 4.42 Å². The Morgan fingerprint density at radius 3 is 2.70 bits per heavy atom. The standard InChI is InChI=1S/C4H4N2O3S/c5-10-4-2-1-3(9-4)6(7)8/h1-2H,5H2. The van der Waals surface area contributed by atoms with Crippen LogP contribution < -0.4 is 5.14 Å². The zero-order valence-corrected chi connectivity index (χ0v) is 5.63. The second-order valence-electron chi connectivity index (χ2n) is 1.47. The molecule has 1 aromatic rings. The molecule has 0 radical (unpaired) electrons. The Kier molecular flexibility index (Phi) is 1.93. The van der Waals surface area contributed by atoms with Gasteiger partial charge in [-0.25, -0.2) is 0 Å². The van der Waals surface area contributed by atoms with Crippen LogP contribution in [0.25, 0.3) is 0 Å². The number of nitro groups is 1. The van der Waals surface area contributed by atoms with Crippen molar-refractivity contribution in [2.24, 2.45) is 5.14 Å². The van der Waals surface area contributed by atoms with E-state index >= 15 is 0 Å². The molecule has 0 saturated heterocycles. The van der Waals surface area contributed by atoms with Crippen molar-refractivity contribution in [3.63, 3.8) is 0 Å². The minimum Gasteiger partial charge on any atom is -0.393 e. The number of nitrogens with two attached hydrogens (primary N) is 1. The minimum atomic E-state index is -0.611. The van der Waals surface area contributed by atoms with Crippen molar-refractivity contribution >= 4 is 17.8 Å². The average Bonchev–Trinajstić information content (AvgIpc) is 2.34. The highest BCUT2D eigenvalue weighted by atomic mass is 32.2. The molecule has 0 amide bonds. The third kappa shape index (κ3) is 1.28. The maximum absolute atomic E-state index is 9.99. The van der Waals surface area contributed by atoms with Crippen molar-refractivity contribution in [2.75, 3.05) is 0 Å². The van der Waals surface area contributed by atoms with Crippen LogP contribution in [0.3, 0.4) is 0 Å². The van der Waals surface area contributed by atoms with E-state index in [4.69, 9.17) is 5.14 Å². The molecule has 0 aromatic carbocycles. The highest BCUT2D eigenvalue weighted by Gasteiger charge is 2.10. The normalized spacial score (nSPS) is 9.70. The van der Waals surface area contributed by atoms with E-state index in [9.17, 15) is 10.1 Å². The van der Waals surface area contributed by atoms with Gasteiger partial charge in [0.2, 0.25) is 0 Å². The lowest BCUT2D eigenvalue weighted by atomic mass is 10.6. The topological polar surface area (TPSA) is 82.3 Å². The molecule has 0 saturated carbocycles. The second-order valence-corrected chi connectivity index (χ2v) is 2.11. The van der Waals surface area contributed by atoms with Gasteiger partial charge in [-0.1, -0.05) is 0 Å². The molecular weight excluding hydrogens is 156 g/mol. The summed E-state index contributed by atoms with van der Waals surface area (Å²) in [4.78, 5) is 9.38. The highest BCUT2D eigenvalue weighted by Crippen LogP contribution is 2.20. The smallest absolute Gasteiger partial charge is 0.393 e. The molecule has 0 bridgehead atoms. The Morgan fingerprint density at radius 1 is 1.70 bits per heavy atom. The lowest BCUT2D eigenvalue weighted by Crippen LogP contribution is -1.82. The van der Waals surface area contributed by atoms with Crippen molar-refractivity contribution in [3.05, 3.63) is 22.2 Å². The molecule has 0 atom stereocenters. The molecule has 0 aliphatic carbocycles. The largest absolute Gasteiger partial charge is 0.434 e. The first-order valence-corrected chi connectivity index (χ1v) is 3.23. The Morgan fingerprint density at radius 2 is 2.40 bits per heavy atom. The maximum Gasteiger partial charge on any atom is 0.434 e. The number of nitrogens with zero attached hydrogens (tertiary/aromatic N) is 1. The van der Waals surface area contributed by atoms with Crippen LogP contribution >= 0.6 is 11.9 Å². The van der Waals surface area contributed by atoms with Crippen molar-refractivity contribution in [3.8, 4) is 0 Å². The van der Waals surface area contributed by atoms with Crippen LogP contribution in [0.1, 0.15) is 0 Å². The molecule has 0 spiro atoms. The first-order valence-electron chi connectivity index (χ1n) is 2.35. The third-order valence-corrected chi connectivity index (χ3v) is 1.31. The van der Waals surface area contributed by atoms with Gasteiger partial charge in [0.25, 0.3) is 0 Å². The summed E-state index contributed by atoms with van der Waals surface area (Å²) in [6.07, 6.45) is 0. The van der Waals surface area contributed by atoms with Crippen molar-refractivity contribution < 1.29 is 9.34 Å². The highest BCUT2D eigenvalue weighted by molar-refractivity contribution is 7.96. The van der Waals surface area contributed by atoms with Gasteiger partial charge in [0.05, 0.1) is 6.07 Å². The SMILES string of the molecule is NSc1ccc([N+](=O)[O-])o1. The van der Waals surface area contributed by atoms with E-state index < -0.39 is 4.92 Å². The summed E-state index contributed by atoms with van der Waals surface area (Å²) >= 11 is 0.836. The van der Waals surface area contributed by atoms with E-state index in [0.717, 1.165) is 11.9 Å². The fourth-order valence-electron chi connectivity index (χ4n) is 0.472. The molecule has 10 heavy (non-hydrogen) atoms. The summed E-state index contributed by atoms with van der Waals surface area (Å²) in [5, 5.41) is 15.4. The van der Waals surface area contributed by atoms with Crippen LogP contribution in [0.15, 0.2) is 21.6 Å². The van der Waals surface area contributed by atoms with Crippen LogP contribution in [-0.2, 0) is 0 Å². The van der Waals surface area contributed by atoms with Crippen molar-refractivity contribution in [2.45, 2.75) is 5.09 Å². The van der Waals surface area contributed by atoms with Crippen LogP contribution in [0, 0.1) is 10.1 Å². The van der Waals surface area contributed by atoms with Crippen LogP contribution in [-0.4, -0.2) is 4.92 Å². The van der Waals surface area contributed by atoms with Gasteiger partial charge in [-0.05, 0) is 18.0 Å². The molecule has 6 heteroatoms. The second kappa shape index (κ2) is 2.72. The molecule has 2 N–H and O–H groups in total. The fraction of sp³-hybridized carbons (Fsp3) is 0. The molecule has 5 nitrogen and oxygen atoms in total. The van der Waals surface area contributed by atoms with E-state index in [0.29, 0.717) is 5.09 Å². The first-order chi connectivity index (χ1) is 4.74. The summed E-state index contributed by atoms with van der Waals surface area (Å²) in [6, 6.07) is 2.71. The monoisotopic (exact) mass is 160 g/mol. The predicted octanol–water partition coefficient (Wildman–Crippen LogP) is 1.15. The summed E-state index contributed by atoms with van der Waals surface area (Å²) in [6.45, 7) is 0. The summed E-state index contributed by atoms with van der Waals surface area (Å²) in [7, 11) is 0. The van der Waals surface area contributed by atoms with Crippen molar-refractivity contribution in [1.29, 1.82) is 0 Å². The summed E-state index contributed by atoms with van der Waals surface area (Å²) in [5.41, 5.74) is 0.